The van der Waals surface area contributed by atoms with Crippen molar-refractivity contribution in [3.63, 3.8) is 0 Å². The predicted octanol–water partition coefficient (Wildman–Crippen LogP) is -8.56. The molecule has 768 valence electrons. The summed E-state index contributed by atoms with van der Waals surface area (Å²) in [7, 11) is 4.81. The maximum Gasteiger partial charge on any atom is 0.338 e. The molecule has 0 bridgehead atoms. The Labute approximate surface area is 768 Å². The van der Waals surface area contributed by atoms with Crippen LogP contribution in [0.5, 0.6) is 0 Å². The number of nitrogens with one attached hydrogen (secondary N) is 4. The number of allylic oxidation sites excluding steroid dienone is 3. The molecule has 8 aliphatic heterocycles. The number of aliphatic hydroxyl groups excluding tert-OH is 16. The summed E-state index contributed by atoms with van der Waals surface area (Å²) in [5, 5.41) is 204. The number of carbonyl (C=O) groups is 8. The Hall–Kier alpha value is -6.08. The van der Waals surface area contributed by atoms with Gasteiger partial charge >= 0.3 is 23.9 Å². The molecule has 23 N–H and O–H groups in total. The highest BCUT2D eigenvalue weighted by Gasteiger charge is 2.59. The molecule has 49 heteroatoms. The molecule has 1 saturated carbocycles. The molecule has 0 radical (unpaired) electrons. The van der Waals surface area contributed by atoms with E-state index in [1.165, 1.54) is 47.5 Å². The number of aliphatic hydroxyl groups is 17. The lowest BCUT2D eigenvalue weighted by atomic mass is 9.73. The van der Waals surface area contributed by atoms with Gasteiger partial charge in [0.05, 0.1) is 80.6 Å². The smallest absolute Gasteiger partial charge is 0.338 e. The van der Waals surface area contributed by atoms with Crippen molar-refractivity contribution >= 4 is 47.5 Å². The van der Waals surface area contributed by atoms with Crippen LogP contribution in [-0.4, -0.2) is 462 Å². The topological polar surface area (TPSA) is 735 Å². The lowest BCUT2D eigenvalue weighted by molar-refractivity contribution is -0.329. The zero-order valence-corrected chi connectivity index (χ0v) is 77.7. The van der Waals surface area contributed by atoms with Crippen LogP contribution in [-0.2, 0) is 124 Å². The second kappa shape index (κ2) is 52.8. The zero-order valence-electron chi connectivity index (χ0n) is 77.7. The van der Waals surface area contributed by atoms with Crippen LogP contribution >= 0.6 is 0 Å². The lowest BCUT2D eigenvalue weighted by Gasteiger charge is -2.47. The van der Waals surface area contributed by atoms with Gasteiger partial charge in [-0.05, 0) is 100.0 Å². The highest BCUT2D eigenvalue weighted by atomic mass is 16.8. The minimum Gasteiger partial charge on any atom is -0.479 e. The van der Waals surface area contributed by atoms with Crippen molar-refractivity contribution in [3.05, 3.63) is 23.3 Å². The first kappa shape index (κ1) is 116. The summed E-state index contributed by atoms with van der Waals surface area (Å²) < 4.78 is 98.6. The van der Waals surface area contributed by atoms with Crippen LogP contribution in [0, 0.1) is 11.8 Å². The Kier molecular flexibility index (Phi) is 45.9. The largest absolute Gasteiger partial charge is 0.479 e. The molecule has 0 aromatic rings. The Morgan fingerprint density at radius 2 is 0.654 bits per heavy atom. The summed E-state index contributed by atoms with van der Waals surface area (Å²) in [4.78, 5) is 95.8. The molecule has 49 nitrogen and oxygen atoms in total. The third-order valence-electron chi connectivity index (χ3n) is 24.4. The summed E-state index contributed by atoms with van der Waals surface area (Å²) >= 11 is 0. The first-order valence-corrected chi connectivity index (χ1v) is 43.8. The van der Waals surface area contributed by atoms with E-state index in [0.717, 1.165) is 39.1 Å². The molecule has 8 saturated heterocycles. The Morgan fingerprint density at radius 1 is 0.376 bits per heavy atom. The maximum absolute atomic E-state index is 13.4. The van der Waals surface area contributed by atoms with Gasteiger partial charge in [0.2, 0.25) is 23.6 Å². The van der Waals surface area contributed by atoms with Gasteiger partial charge in [0, 0.05) is 62.1 Å². The fraction of sp³-hybridized carbons (Fsp3) is 0.857. The number of hydrogen-bond acceptors (Lipinski definition) is 43. The first-order valence-electron chi connectivity index (χ1n) is 43.8. The van der Waals surface area contributed by atoms with Crippen LogP contribution in [0.2, 0.25) is 0 Å². The Bertz CT molecular complexity index is 3620. The van der Waals surface area contributed by atoms with Crippen LogP contribution in [0.1, 0.15) is 129 Å². The molecule has 43 atom stereocenters. The molecule has 0 aromatic heterocycles. The standard InChI is InChI=1S/C26H45NO12.C26H43NO11.2C16H27NO11/c1-11-7-8-14(26(4,5)34)15(9-11)37-24(33)23-22(35-6)19(31)20(32)25(39-23)38-21-17(27-13(3)29)12(2)36-16(10-28)18(21)30;1-13(2)8-7-9-14(3)10-11-35-25(33)24-23(34-6)20(31)21(32)26(38-24)37-22-18(27-16(5)29)15(4)36-17(12-28)19(22)30;2*1-5-8(17-6(2)19)12(9(20)7(4-18)26-5)27-16-11(22)10(21)13(25-3)14(28-16)15(23)24/h11-12,14-23,25,28,30-32,34H,7-10H2,1-6H3,(H,27,29);8,10,15,17-24,26,28,30-32H,7,9,11-12H2,1-6H3,(H,27,29);2*5,7-14,16,18,20-22H,4H2,1-3H3,(H,17,19)(H,23,24)/b;14-10+;;/t11?,12-,14?,15?,16?,17?,18?,19?,20?,21?,22?,23?,25?;15-,17?,18?,19?,20?,21?,22?,23?,24?,26?;2*5-,7?,8?,9?,10?,11?,12?,13?,14?,16?/m1111/s1. The van der Waals surface area contributed by atoms with E-state index in [2.05, 4.69) is 27.3 Å². The van der Waals surface area contributed by atoms with Crippen molar-refractivity contribution in [3.8, 4) is 0 Å². The maximum atomic E-state index is 13.4. The molecular formula is C84H142N4O45. The van der Waals surface area contributed by atoms with Gasteiger partial charge in [0.15, 0.2) is 49.6 Å². The quantitative estimate of drug-likeness (QED) is 0.0226. The number of carbonyl (C=O) groups excluding carboxylic acids is 6. The number of rotatable bonds is 31. The van der Waals surface area contributed by atoms with Crippen molar-refractivity contribution in [1.82, 2.24) is 21.3 Å². The van der Waals surface area contributed by atoms with E-state index < -0.39 is 330 Å². The number of aliphatic carboxylic acids is 2. The highest BCUT2D eigenvalue weighted by molar-refractivity contribution is 5.78. The van der Waals surface area contributed by atoms with Crippen LogP contribution in [0.4, 0.5) is 0 Å². The number of amides is 4. The number of carboxylic acids is 2. The zero-order chi connectivity index (χ0) is 100. The fourth-order valence-corrected chi connectivity index (χ4v) is 17.3. The monoisotopic (exact) mass is 1930 g/mol. The van der Waals surface area contributed by atoms with Gasteiger partial charge in [0.1, 0.15) is 159 Å². The third-order valence-corrected chi connectivity index (χ3v) is 24.4. The average Bonchev–Trinajstić information content (AvgIpc) is 0.766. The minimum atomic E-state index is -1.70. The minimum absolute atomic E-state index is 0.0288. The van der Waals surface area contributed by atoms with Crippen LogP contribution in [0.15, 0.2) is 23.3 Å². The summed E-state index contributed by atoms with van der Waals surface area (Å²) in [6.07, 6.45) is -41.9. The van der Waals surface area contributed by atoms with Gasteiger partial charge in [-0.2, -0.15) is 0 Å². The third kappa shape index (κ3) is 30.2. The van der Waals surface area contributed by atoms with E-state index in [0.29, 0.717) is 12.8 Å². The van der Waals surface area contributed by atoms with E-state index in [9.17, 15) is 135 Å². The van der Waals surface area contributed by atoms with Crippen LogP contribution < -0.4 is 21.3 Å². The van der Waals surface area contributed by atoms with E-state index in [1.54, 1.807) is 47.6 Å². The number of carboxylic acid groups (broad SMARTS) is 2. The average molecular weight is 1930 g/mol. The summed E-state index contributed by atoms with van der Waals surface area (Å²) in [5.74, 6) is -6.40. The van der Waals surface area contributed by atoms with Gasteiger partial charge in [-0.25, -0.2) is 19.2 Å². The number of ether oxygens (including phenoxy) is 18. The van der Waals surface area contributed by atoms with Crippen molar-refractivity contribution in [2.45, 2.75) is 385 Å². The number of esters is 2. The normalized spacial score (nSPS) is 41.6. The van der Waals surface area contributed by atoms with E-state index >= 15 is 0 Å². The molecule has 133 heavy (non-hydrogen) atoms. The van der Waals surface area contributed by atoms with Gasteiger partial charge < -0.3 is 204 Å². The predicted molar refractivity (Wildman–Crippen MR) is 447 cm³/mol. The first-order chi connectivity index (χ1) is 62.3. The summed E-state index contributed by atoms with van der Waals surface area (Å²) in [5.41, 5.74) is 1.16. The van der Waals surface area contributed by atoms with E-state index in [-0.39, 0.29) is 18.4 Å². The summed E-state index contributed by atoms with van der Waals surface area (Å²) in [6, 6.07) is -3.59. The molecule has 39 unspecified atom stereocenters. The van der Waals surface area contributed by atoms with Crippen molar-refractivity contribution in [1.29, 1.82) is 0 Å². The van der Waals surface area contributed by atoms with E-state index in [1.807, 2.05) is 27.7 Å². The number of hydrogen-bond donors (Lipinski definition) is 23. The van der Waals surface area contributed by atoms with Gasteiger partial charge in [0.25, 0.3) is 0 Å². The SMILES string of the molecule is COC1C(C(=O)O)OC(OC2C(O)C(CO)O[C@H](C)C2NC(C)=O)C(O)C1O.COC1C(C(=O)O)OC(OC2C(O)C(CO)O[C@H](C)C2NC(C)=O)C(O)C1O.COC1C(C(=O)OC/C=C(\C)CCC=C(C)C)OC(OC2C(O)C(CO)O[C@H](C)C2NC(C)=O)C(O)C1O.COC1C(C(=O)OC2CC(C)CCC2C(C)(C)O)OC(OC2C(O)C(CO)O[C@H](C)C2NC(C)=O)C(O)C1O. The molecule has 1 aliphatic carbocycles. The second-order valence-electron chi connectivity index (χ2n) is 35.3. The Morgan fingerprint density at radius 3 is 0.910 bits per heavy atom. The van der Waals surface area contributed by atoms with Crippen molar-refractivity contribution in [2.75, 3.05) is 61.5 Å². The van der Waals surface area contributed by atoms with Gasteiger partial charge in [-0.1, -0.05) is 30.6 Å². The fourth-order valence-electron chi connectivity index (χ4n) is 17.3. The Balaban J connectivity index is 0.000000276. The van der Waals surface area contributed by atoms with Gasteiger partial charge in [-0.15, -0.1) is 0 Å². The molecule has 9 fully saturated rings. The molecule has 0 spiro atoms. The second-order valence-corrected chi connectivity index (χ2v) is 35.3. The van der Waals surface area contributed by atoms with Crippen LogP contribution in [0.25, 0.3) is 0 Å². The molecule has 9 aliphatic rings. The molecule has 9 rings (SSSR count). The van der Waals surface area contributed by atoms with Crippen LogP contribution in [0.3, 0.4) is 0 Å². The van der Waals surface area contributed by atoms with Crippen molar-refractivity contribution < 1.29 is 221 Å². The van der Waals surface area contributed by atoms with Crippen molar-refractivity contribution in [2.24, 2.45) is 11.8 Å². The molecule has 4 amide bonds. The molecule has 8 heterocycles. The van der Waals surface area contributed by atoms with Gasteiger partial charge in [-0.3, -0.25) is 19.2 Å². The number of methoxy groups -OCH3 is 4. The summed E-state index contributed by atoms with van der Waals surface area (Å²) in [6.45, 7) is 20.6. The van der Waals surface area contributed by atoms with E-state index in [4.69, 9.17) is 85.3 Å². The molecular weight excluding hydrogens is 1780 g/mol. The molecule has 0 aromatic carbocycles. The lowest BCUT2D eigenvalue weighted by Crippen LogP contribution is -2.67. The highest BCUT2D eigenvalue weighted by Crippen LogP contribution is 2.41.